The summed E-state index contributed by atoms with van der Waals surface area (Å²) in [5.41, 5.74) is 2.88. The SMILES string of the molecule is CC(=O)c1ccc(NC(=O)CN2C(=O)NC(Cc3c[nH]c4ccccc34)C2=O)cc1. The summed E-state index contributed by atoms with van der Waals surface area (Å²) in [5, 5.41) is 6.27. The van der Waals surface area contributed by atoms with E-state index < -0.39 is 23.9 Å². The molecule has 3 N–H and O–H groups in total. The number of imide groups is 1. The predicted molar refractivity (Wildman–Crippen MR) is 111 cm³/mol. The zero-order valence-electron chi connectivity index (χ0n) is 16.3. The van der Waals surface area contributed by atoms with Gasteiger partial charge in [0.2, 0.25) is 5.91 Å². The number of H-pyrrole nitrogens is 1. The van der Waals surface area contributed by atoms with Gasteiger partial charge in [0.15, 0.2) is 5.78 Å². The number of fused-ring (bicyclic) bond motifs is 1. The zero-order valence-corrected chi connectivity index (χ0v) is 16.3. The molecule has 0 saturated carbocycles. The van der Waals surface area contributed by atoms with Crippen molar-refractivity contribution in [1.29, 1.82) is 0 Å². The van der Waals surface area contributed by atoms with Crippen molar-refractivity contribution in [2.45, 2.75) is 19.4 Å². The monoisotopic (exact) mass is 404 g/mol. The van der Waals surface area contributed by atoms with Crippen LogP contribution < -0.4 is 10.6 Å². The van der Waals surface area contributed by atoms with E-state index in [9.17, 15) is 19.2 Å². The summed E-state index contributed by atoms with van der Waals surface area (Å²) >= 11 is 0. The Bertz CT molecular complexity index is 1150. The highest BCUT2D eigenvalue weighted by Crippen LogP contribution is 2.21. The average Bonchev–Trinajstić information content (AvgIpc) is 3.25. The van der Waals surface area contributed by atoms with Gasteiger partial charge in [-0.2, -0.15) is 0 Å². The third-order valence-electron chi connectivity index (χ3n) is 5.08. The second-order valence-electron chi connectivity index (χ2n) is 7.17. The second-order valence-corrected chi connectivity index (χ2v) is 7.17. The molecule has 1 aromatic heterocycles. The van der Waals surface area contributed by atoms with E-state index in [1.165, 1.54) is 6.92 Å². The average molecular weight is 404 g/mol. The number of hydrogen-bond donors (Lipinski definition) is 3. The van der Waals surface area contributed by atoms with Gasteiger partial charge in [0.05, 0.1) is 0 Å². The lowest BCUT2D eigenvalue weighted by Gasteiger charge is -2.13. The first-order valence-electron chi connectivity index (χ1n) is 9.50. The molecule has 1 fully saturated rings. The van der Waals surface area contributed by atoms with Gasteiger partial charge in [0, 0.05) is 34.8 Å². The minimum absolute atomic E-state index is 0.0755. The summed E-state index contributed by atoms with van der Waals surface area (Å²) < 4.78 is 0. The van der Waals surface area contributed by atoms with Crippen LogP contribution >= 0.6 is 0 Å². The van der Waals surface area contributed by atoms with Gasteiger partial charge in [-0.15, -0.1) is 0 Å². The molecule has 4 amide bonds. The van der Waals surface area contributed by atoms with Gasteiger partial charge in [-0.05, 0) is 42.8 Å². The number of aromatic amines is 1. The van der Waals surface area contributed by atoms with Crippen molar-refractivity contribution in [3.63, 3.8) is 0 Å². The topological polar surface area (TPSA) is 111 Å². The number of anilines is 1. The Balaban J connectivity index is 1.40. The molecule has 30 heavy (non-hydrogen) atoms. The van der Waals surface area contributed by atoms with Crippen LogP contribution in [0.4, 0.5) is 10.5 Å². The lowest BCUT2D eigenvalue weighted by atomic mass is 10.1. The smallest absolute Gasteiger partial charge is 0.325 e. The van der Waals surface area contributed by atoms with E-state index in [-0.39, 0.29) is 12.3 Å². The third kappa shape index (κ3) is 3.80. The molecule has 1 saturated heterocycles. The molecule has 1 aliphatic heterocycles. The van der Waals surface area contributed by atoms with E-state index in [1.807, 2.05) is 30.5 Å². The van der Waals surface area contributed by atoms with E-state index in [0.29, 0.717) is 17.7 Å². The highest BCUT2D eigenvalue weighted by Gasteiger charge is 2.39. The Morgan fingerprint density at radius 1 is 1.07 bits per heavy atom. The van der Waals surface area contributed by atoms with Crippen LogP contribution in [0.3, 0.4) is 0 Å². The van der Waals surface area contributed by atoms with Crippen molar-refractivity contribution in [2.75, 3.05) is 11.9 Å². The van der Waals surface area contributed by atoms with E-state index in [4.69, 9.17) is 0 Å². The predicted octanol–water partition coefficient (Wildman–Crippen LogP) is 2.47. The molecule has 4 rings (SSSR count). The largest absolute Gasteiger partial charge is 0.361 e. The molecule has 0 aliphatic carbocycles. The fourth-order valence-electron chi connectivity index (χ4n) is 3.52. The Morgan fingerprint density at radius 2 is 1.80 bits per heavy atom. The van der Waals surface area contributed by atoms with Crippen LogP contribution in [0.25, 0.3) is 10.9 Å². The molecule has 1 aliphatic rings. The molecule has 0 radical (unpaired) electrons. The summed E-state index contributed by atoms with van der Waals surface area (Å²) in [6.45, 7) is 1.07. The molecule has 0 bridgehead atoms. The number of hydrogen-bond acceptors (Lipinski definition) is 4. The van der Waals surface area contributed by atoms with Crippen molar-refractivity contribution in [3.05, 3.63) is 65.9 Å². The standard InChI is InChI=1S/C22H20N4O4/c1-13(27)14-6-8-16(9-7-14)24-20(28)12-26-21(29)19(25-22(26)30)10-15-11-23-18-5-3-2-4-17(15)18/h2-9,11,19,23H,10,12H2,1H3,(H,24,28)(H,25,30). The first-order valence-corrected chi connectivity index (χ1v) is 9.50. The van der Waals surface area contributed by atoms with Crippen LogP contribution in [-0.2, 0) is 16.0 Å². The number of urea groups is 1. The van der Waals surface area contributed by atoms with Crippen LogP contribution in [0.15, 0.2) is 54.7 Å². The summed E-state index contributed by atoms with van der Waals surface area (Å²) in [6, 6.07) is 12.8. The summed E-state index contributed by atoms with van der Waals surface area (Å²) in [6.07, 6.45) is 2.16. The molecule has 1 atom stereocenters. The number of carbonyl (C=O) groups is 4. The summed E-state index contributed by atoms with van der Waals surface area (Å²) in [7, 11) is 0. The van der Waals surface area contributed by atoms with E-state index in [2.05, 4.69) is 15.6 Å². The van der Waals surface area contributed by atoms with Gasteiger partial charge in [0.1, 0.15) is 12.6 Å². The Labute approximate surface area is 172 Å². The highest BCUT2D eigenvalue weighted by atomic mass is 16.2. The van der Waals surface area contributed by atoms with Crippen molar-refractivity contribution in [2.24, 2.45) is 0 Å². The number of rotatable bonds is 6. The summed E-state index contributed by atoms with van der Waals surface area (Å²) in [5.74, 6) is -1.01. The van der Waals surface area contributed by atoms with Crippen LogP contribution in [0.2, 0.25) is 0 Å². The molecule has 8 nitrogen and oxygen atoms in total. The van der Waals surface area contributed by atoms with Crippen molar-refractivity contribution < 1.29 is 19.2 Å². The van der Waals surface area contributed by atoms with Crippen molar-refractivity contribution >= 4 is 40.2 Å². The molecule has 152 valence electrons. The van der Waals surface area contributed by atoms with Crippen molar-refractivity contribution in [1.82, 2.24) is 15.2 Å². The maximum absolute atomic E-state index is 12.7. The summed E-state index contributed by atoms with van der Waals surface area (Å²) in [4.78, 5) is 52.7. The maximum atomic E-state index is 12.7. The van der Waals surface area contributed by atoms with Gasteiger partial charge in [-0.3, -0.25) is 19.3 Å². The molecule has 0 spiro atoms. The number of aromatic nitrogens is 1. The molecule has 3 aromatic rings. The lowest BCUT2D eigenvalue weighted by molar-refractivity contribution is -0.130. The molecular weight excluding hydrogens is 384 g/mol. The van der Waals surface area contributed by atoms with Gasteiger partial charge in [0.25, 0.3) is 5.91 Å². The number of ketones is 1. The number of carbonyl (C=O) groups excluding carboxylic acids is 4. The molecule has 2 aromatic carbocycles. The Kier molecular flexibility index (Phi) is 5.05. The molecule has 1 unspecified atom stereocenters. The Morgan fingerprint density at radius 3 is 2.53 bits per heavy atom. The fourth-order valence-corrected chi connectivity index (χ4v) is 3.52. The fraction of sp³-hybridized carbons (Fsp3) is 0.182. The van der Waals surface area contributed by atoms with Crippen molar-refractivity contribution in [3.8, 4) is 0 Å². The minimum Gasteiger partial charge on any atom is -0.361 e. The highest BCUT2D eigenvalue weighted by molar-refractivity contribution is 6.08. The molecule has 2 heterocycles. The number of Topliss-reactive ketones (excluding diaryl/α,β-unsaturated/α-hetero) is 1. The number of nitrogens with zero attached hydrogens (tertiary/aromatic N) is 1. The number of nitrogens with one attached hydrogen (secondary N) is 3. The van der Waals surface area contributed by atoms with E-state index in [1.54, 1.807) is 24.3 Å². The quantitative estimate of drug-likeness (QED) is 0.433. The first-order chi connectivity index (χ1) is 14.4. The molecular formula is C22H20N4O4. The van der Waals surface area contributed by atoms with Gasteiger partial charge >= 0.3 is 6.03 Å². The van der Waals surface area contributed by atoms with Gasteiger partial charge < -0.3 is 15.6 Å². The van der Waals surface area contributed by atoms with Crippen LogP contribution in [0.5, 0.6) is 0 Å². The second kappa shape index (κ2) is 7.82. The van der Waals surface area contributed by atoms with E-state index >= 15 is 0 Å². The van der Waals surface area contributed by atoms with Crippen LogP contribution in [0, 0.1) is 0 Å². The Hall–Kier alpha value is -3.94. The van der Waals surface area contributed by atoms with Crippen LogP contribution in [-0.4, -0.2) is 46.1 Å². The third-order valence-corrected chi connectivity index (χ3v) is 5.08. The normalized spacial score (nSPS) is 16.0. The zero-order chi connectivity index (χ0) is 21.3. The maximum Gasteiger partial charge on any atom is 0.325 e. The first kappa shape index (κ1) is 19.4. The van der Waals surface area contributed by atoms with Crippen LogP contribution in [0.1, 0.15) is 22.8 Å². The number of benzene rings is 2. The van der Waals surface area contributed by atoms with E-state index in [0.717, 1.165) is 21.4 Å². The number of amides is 4. The minimum atomic E-state index is -0.723. The number of para-hydroxylation sites is 1. The lowest BCUT2D eigenvalue weighted by Crippen LogP contribution is -2.38. The van der Waals surface area contributed by atoms with Gasteiger partial charge in [-0.25, -0.2) is 4.79 Å². The van der Waals surface area contributed by atoms with Gasteiger partial charge in [-0.1, -0.05) is 18.2 Å². The molecule has 8 heteroatoms.